The fourth-order valence-electron chi connectivity index (χ4n) is 3.57. The number of hydrogen-bond donors (Lipinski definition) is 1. The predicted molar refractivity (Wildman–Crippen MR) is 108 cm³/mol. The third-order valence-corrected chi connectivity index (χ3v) is 5.23. The molecule has 1 heterocycles. The first-order valence-corrected chi connectivity index (χ1v) is 9.88. The Labute approximate surface area is 178 Å². The highest BCUT2D eigenvalue weighted by Crippen LogP contribution is 2.22. The van der Waals surface area contributed by atoms with E-state index in [0.29, 0.717) is 31.7 Å². The Morgan fingerprint density at radius 2 is 1.68 bits per heavy atom. The lowest BCUT2D eigenvalue weighted by atomic mass is 10.0. The van der Waals surface area contributed by atoms with Crippen LogP contribution in [0.5, 0.6) is 5.75 Å². The van der Waals surface area contributed by atoms with Gasteiger partial charge >= 0.3 is 0 Å². The van der Waals surface area contributed by atoms with Crippen LogP contribution in [0, 0.1) is 17.5 Å². The molecule has 1 fully saturated rings. The van der Waals surface area contributed by atoms with Crippen molar-refractivity contribution >= 4 is 11.8 Å². The van der Waals surface area contributed by atoms with Crippen molar-refractivity contribution in [2.45, 2.75) is 18.9 Å². The lowest BCUT2D eigenvalue weighted by molar-refractivity contribution is -0.133. The Morgan fingerprint density at radius 1 is 1.00 bits per heavy atom. The molecule has 166 valence electrons. The van der Waals surface area contributed by atoms with Crippen LogP contribution in [0.25, 0.3) is 0 Å². The number of halogens is 3. The molecule has 1 unspecified atom stereocenters. The van der Waals surface area contributed by atoms with Crippen LogP contribution in [0.2, 0.25) is 0 Å². The zero-order valence-electron chi connectivity index (χ0n) is 17.1. The van der Waals surface area contributed by atoms with Crippen molar-refractivity contribution in [2.75, 3.05) is 33.3 Å². The van der Waals surface area contributed by atoms with Gasteiger partial charge in [-0.15, -0.1) is 0 Å². The number of nitrogens with two attached hydrogens (primary N) is 1. The minimum absolute atomic E-state index is 0.0463. The molecule has 0 bridgehead atoms. The zero-order chi connectivity index (χ0) is 22.5. The van der Waals surface area contributed by atoms with E-state index in [-0.39, 0.29) is 36.0 Å². The summed E-state index contributed by atoms with van der Waals surface area (Å²) in [6.45, 7) is 1.23. The molecule has 0 radical (unpaired) electrons. The van der Waals surface area contributed by atoms with Crippen LogP contribution >= 0.6 is 0 Å². The van der Waals surface area contributed by atoms with Crippen LogP contribution in [0.1, 0.15) is 22.3 Å². The molecular weight excluding hydrogens is 411 g/mol. The molecule has 2 N–H and O–H groups in total. The Kier molecular flexibility index (Phi) is 7.17. The summed E-state index contributed by atoms with van der Waals surface area (Å²) >= 11 is 0. The number of carbonyl (C=O) groups is 2. The third kappa shape index (κ3) is 5.55. The summed E-state index contributed by atoms with van der Waals surface area (Å²) in [7, 11) is 1.41. The maximum absolute atomic E-state index is 13.6. The number of nitrogens with zero attached hydrogens (tertiary/aromatic N) is 2. The maximum atomic E-state index is 13.6. The Bertz CT molecular complexity index is 962. The summed E-state index contributed by atoms with van der Waals surface area (Å²) in [5.74, 6) is -2.67. The number of carbonyl (C=O) groups excluding carboxylic acids is 2. The second kappa shape index (κ2) is 9.82. The SMILES string of the molecule is COc1ccc(F)cc1C(=O)N1CCN(C(=O)CC(N)Cc2ccc(F)c(F)c2)CC1. The number of benzene rings is 2. The predicted octanol–water partition coefficient (Wildman–Crippen LogP) is 2.36. The van der Waals surface area contributed by atoms with E-state index in [0.717, 1.165) is 18.2 Å². The largest absolute Gasteiger partial charge is 0.496 e. The van der Waals surface area contributed by atoms with Gasteiger partial charge in [-0.25, -0.2) is 13.2 Å². The number of amides is 2. The second-order valence-electron chi connectivity index (χ2n) is 7.43. The number of methoxy groups -OCH3 is 1. The highest BCUT2D eigenvalue weighted by molar-refractivity contribution is 5.97. The first kappa shape index (κ1) is 22.6. The topological polar surface area (TPSA) is 75.9 Å². The normalized spacial score (nSPS) is 15.0. The van der Waals surface area contributed by atoms with Crippen molar-refractivity contribution in [1.82, 2.24) is 9.80 Å². The molecule has 0 aliphatic carbocycles. The monoisotopic (exact) mass is 435 g/mol. The van der Waals surface area contributed by atoms with E-state index < -0.39 is 23.5 Å². The molecule has 6 nitrogen and oxygen atoms in total. The first-order chi connectivity index (χ1) is 14.8. The van der Waals surface area contributed by atoms with Gasteiger partial charge in [-0.05, 0) is 42.3 Å². The van der Waals surface area contributed by atoms with Crippen molar-refractivity contribution in [1.29, 1.82) is 0 Å². The summed E-state index contributed by atoms with van der Waals surface area (Å²) in [6.07, 6.45) is 0.283. The Balaban J connectivity index is 1.53. The molecule has 1 aliphatic heterocycles. The highest BCUT2D eigenvalue weighted by atomic mass is 19.2. The van der Waals surface area contributed by atoms with E-state index in [4.69, 9.17) is 10.5 Å². The summed E-state index contributed by atoms with van der Waals surface area (Å²) in [5.41, 5.74) is 6.67. The van der Waals surface area contributed by atoms with E-state index >= 15 is 0 Å². The molecule has 1 saturated heterocycles. The molecule has 31 heavy (non-hydrogen) atoms. The van der Waals surface area contributed by atoms with Crippen molar-refractivity contribution in [3.63, 3.8) is 0 Å². The molecule has 0 saturated carbocycles. The van der Waals surface area contributed by atoms with Gasteiger partial charge in [0.05, 0.1) is 12.7 Å². The van der Waals surface area contributed by atoms with E-state index in [1.54, 1.807) is 9.80 Å². The lowest BCUT2D eigenvalue weighted by Gasteiger charge is -2.35. The minimum atomic E-state index is -0.952. The highest BCUT2D eigenvalue weighted by Gasteiger charge is 2.27. The minimum Gasteiger partial charge on any atom is -0.496 e. The molecule has 1 aliphatic rings. The van der Waals surface area contributed by atoms with Crippen molar-refractivity contribution in [3.05, 3.63) is 65.0 Å². The van der Waals surface area contributed by atoms with Crippen LogP contribution in [-0.2, 0) is 11.2 Å². The van der Waals surface area contributed by atoms with Crippen LogP contribution in [-0.4, -0.2) is 60.9 Å². The summed E-state index contributed by atoms with van der Waals surface area (Å²) < 4.78 is 45.1. The molecule has 2 aromatic rings. The number of hydrogen-bond acceptors (Lipinski definition) is 4. The van der Waals surface area contributed by atoms with Gasteiger partial charge in [0.25, 0.3) is 5.91 Å². The van der Waals surface area contributed by atoms with Gasteiger partial charge in [-0.3, -0.25) is 9.59 Å². The van der Waals surface area contributed by atoms with Gasteiger partial charge in [0.15, 0.2) is 11.6 Å². The quantitative estimate of drug-likeness (QED) is 0.756. The summed E-state index contributed by atoms with van der Waals surface area (Å²) in [6, 6.07) is 6.75. The Morgan fingerprint density at radius 3 is 2.32 bits per heavy atom. The van der Waals surface area contributed by atoms with Gasteiger partial charge in [0.1, 0.15) is 11.6 Å². The first-order valence-electron chi connectivity index (χ1n) is 9.88. The molecular formula is C22H24F3N3O3. The molecule has 9 heteroatoms. The summed E-state index contributed by atoms with van der Waals surface area (Å²) in [5, 5.41) is 0. The standard InChI is InChI=1S/C22H24F3N3O3/c1-31-20-5-3-15(23)12-17(20)22(30)28-8-6-27(7-9-28)21(29)13-16(26)10-14-2-4-18(24)19(25)11-14/h2-5,11-12,16H,6-10,13,26H2,1H3. The van der Waals surface area contributed by atoms with Gasteiger partial charge in [0.2, 0.25) is 5.91 Å². The number of piperazine rings is 1. The smallest absolute Gasteiger partial charge is 0.257 e. The van der Waals surface area contributed by atoms with Crippen LogP contribution in [0.4, 0.5) is 13.2 Å². The van der Waals surface area contributed by atoms with Gasteiger partial charge < -0.3 is 20.3 Å². The molecule has 1 atom stereocenters. The fourth-order valence-corrected chi connectivity index (χ4v) is 3.57. The van der Waals surface area contributed by atoms with Gasteiger partial charge in [0, 0.05) is 38.6 Å². The van der Waals surface area contributed by atoms with Crippen molar-refractivity contribution < 1.29 is 27.5 Å². The maximum Gasteiger partial charge on any atom is 0.257 e. The number of rotatable bonds is 6. The lowest BCUT2D eigenvalue weighted by Crippen LogP contribution is -2.51. The molecule has 2 aromatic carbocycles. The van der Waals surface area contributed by atoms with Gasteiger partial charge in [-0.2, -0.15) is 0 Å². The molecule has 3 rings (SSSR count). The van der Waals surface area contributed by atoms with E-state index in [1.165, 1.54) is 25.3 Å². The van der Waals surface area contributed by atoms with Crippen LogP contribution < -0.4 is 10.5 Å². The zero-order valence-corrected chi connectivity index (χ0v) is 17.1. The summed E-state index contributed by atoms with van der Waals surface area (Å²) in [4.78, 5) is 28.4. The van der Waals surface area contributed by atoms with Crippen LogP contribution in [0.15, 0.2) is 36.4 Å². The van der Waals surface area contributed by atoms with Crippen molar-refractivity contribution in [2.24, 2.45) is 5.73 Å². The second-order valence-corrected chi connectivity index (χ2v) is 7.43. The molecule has 0 spiro atoms. The third-order valence-electron chi connectivity index (χ3n) is 5.23. The molecule has 0 aromatic heterocycles. The van der Waals surface area contributed by atoms with Gasteiger partial charge in [-0.1, -0.05) is 6.07 Å². The fraction of sp³-hybridized carbons (Fsp3) is 0.364. The van der Waals surface area contributed by atoms with E-state index in [2.05, 4.69) is 0 Å². The van der Waals surface area contributed by atoms with E-state index in [1.807, 2.05) is 0 Å². The average molecular weight is 435 g/mol. The van der Waals surface area contributed by atoms with E-state index in [9.17, 15) is 22.8 Å². The Hall–Kier alpha value is -3.07. The van der Waals surface area contributed by atoms with Crippen molar-refractivity contribution in [3.8, 4) is 5.75 Å². The van der Waals surface area contributed by atoms with Crippen LogP contribution in [0.3, 0.4) is 0 Å². The number of ether oxygens (including phenoxy) is 1. The average Bonchev–Trinajstić information content (AvgIpc) is 2.75. The molecule has 2 amide bonds.